The predicted octanol–water partition coefficient (Wildman–Crippen LogP) is 0.257. The van der Waals surface area contributed by atoms with Gasteiger partial charge < -0.3 is 5.32 Å². The van der Waals surface area contributed by atoms with Gasteiger partial charge in [0.05, 0.1) is 10.9 Å². The summed E-state index contributed by atoms with van der Waals surface area (Å²) < 4.78 is 1.33. The number of hydrogen-bond acceptors (Lipinski definition) is 5. The van der Waals surface area contributed by atoms with Crippen LogP contribution in [0.1, 0.15) is 40.6 Å². The number of carbonyl (C=O) groups excluding carboxylic acids is 3. The molecule has 32 heavy (non-hydrogen) atoms. The number of amides is 3. The molecule has 1 aromatic heterocycles. The number of piperidine rings is 1. The molecule has 0 bridgehead atoms. The highest BCUT2D eigenvalue weighted by molar-refractivity contribution is 6.45. The fourth-order valence-corrected chi connectivity index (χ4v) is 4.37. The van der Waals surface area contributed by atoms with Crippen molar-refractivity contribution in [3.8, 4) is 0 Å². The van der Waals surface area contributed by atoms with Gasteiger partial charge in [-0.15, -0.1) is 0 Å². The molecule has 164 valence electrons. The Morgan fingerprint density at radius 1 is 1.28 bits per heavy atom. The highest BCUT2D eigenvalue weighted by Crippen LogP contribution is 2.21. The lowest BCUT2D eigenvalue weighted by atomic mass is 10.0. The van der Waals surface area contributed by atoms with Crippen molar-refractivity contribution >= 4 is 55.7 Å². The van der Waals surface area contributed by atoms with Crippen molar-refractivity contribution in [1.82, 2.24) is 20.2 Å². The standard InChI is InChI=1S/C22H21ClN4O4Si/c1-11-25-15-4-2-3-13(10-24-20(29)12-5-7-17(32)14(23)9-12)19(15)22(31)27(11)16-6-8-18(28)26-21(16)30/h2-5,7,9,16H,6,8,10H2,1,32H3,(H,24,29)(H,26,28,30). The number of fused-ring (bicyclic) bond motifs is 1. The second kappa shape index (κ2) is 8.68. The Hall–Kier alpha value is -3.30. The van der Waals surface area contributed by atoms with Gasteiger partial charge in [0, 0.05) is 33.8 Å². The topological polar surface area (TPSA) is 110 Å². The van der Waals surface area contributed by atoms with Gasteiger partial charge >= 0.3 is 0 Å². The summed E-state index contributed by atoms with van der Waals surface area (Å²) >= 11 is 6.15. The monoisotopic (exact) mass is 468 g/mol. The third-order valence-electron chi connectivity index (χ3n) is 5.59. The lowest BCUT2D eigenvalue weighted by molar-refractivity contribution is -0.135. The van der Waals surface area contributed by atoms with Crippen LogP contribution in [0.5, 0.6) is 0 Å². The molecule has 8 nitrogen and oxygen atoms in total. The SMILES string of the molecule is Cc1nc2cccc(CNC(=O)c3ccc([SiH3])c(Cl)c3)c2c(=O)n1C1CCC(=O)NC1=O. The fourth-order valence-electron chi connectivity index (χ4n) is 3.88. The predicted molar refractivity (Wildman–Crippen MR) is 124 cm³/mol. The van der Waals surface area contributed by atoms with Gasteiger partial charge in [0.25, 0.3) is 11.5 Å². The Labute approximate surface area is 191 Å². The summed E-state index contributed by atoms with van der Waals surface area (Å²) in [4.78, 5) is 54.4. The zero-order valence-electron chi connectivity index (χ0n) is 17.6. The van der Waals surface area contributed by atoms with Gasteiger partial charge in [-0.3, -0.25) is 29.1 Å². The number of imide groups is 1. The molecule has 2 heterocycles. The van der Waals surface area contributed by atoms with Crippen molar-refractivity contribution in [2.24, 2.45) is 0 Å². The first-order valence-electron chi connectivity index (χ1n) is 10.1. The van der Waals surface area contributed by atoms with Crippen molar-refractivity contribution in [1.29, 1.82) is 0 Å². The summed E-state index contributed by atoms with van der Waals surface area (Å²) in [7, 11) is 0.785. The number of nitrogens with zero attached hydrogens (tertiary/aromatic N) is 2. The Kier molecular flexibility index (Phi) is 5.94. The molecule has 2 aromatic carbocycles. The van der Waals surface area contributed by atoms with E-state index in [0.29, 0.717) is 32.9 Å². The second-order valence-corrected chi connectivity index (χ2v) is 9.24. The summed E-state index contributed by atoms with van der Waals surface area (Å²) in [6.07, 6.45) is 0.383. The number of rotatable bonds is 4. The molecule has 0 radical (unpaired) electrons. The van der Waals surface area contributed by atoms with E-state index in [2.05, 4.69) is 15.6 Å². The van der Waals surface area contributed by atoms with Gasteiger partial charge in [-0.05, 0) is 37.1 Å². The molecule has 0 saturated carbocycles. The maximum Gasteiger partial charge on any atom is 0.262 e. The van der Waals surface area contributed by atoms with Crippen LogP contribution in [0.2, 0.25) is 5.02 Å². The third kappa shape index (κ3) is 4.08. The van der Waals surface area contributed by atoms with E-state index in [4.69, 9.17) is 11.6 Å². The Bertz CT molecular complexity index is 1340. The van der Waals surface area contributed by atoms with Crippen LogP contribution in [-0.4, -0.2) is 37.5 Å². The van der Waals surface area contributed by atoms with Crippen molar-refractivity contribution in [3.63, 3.8) is 0 Å². The second-order valence-electron chi connectivity index (χ2n) is 7.76. The lowest BCUT2D eigenvalue weighted by Crippen LogP contribution is -2.45. The van der Waals surface area contributed by atoms with Crippen LogP contribution < -0.4 is 21.4 Å². The summed E-state index contributed by atoms with van der Waals surface area (Å²) in [6.45, 7) is 1.76. The Morgan fingerprint density at radius 2 is 2.06 bits per heavy atom. The zero-order chi connectivity index (χ0) is 23.0. The van der Waals surface area contributed by atoms with E-state index < -0.39 is 11.9 Å². The van der Waals surface area contributed by atoms with E-state index in [1.807, 2.05) is 6.07 Å². The molecular weight excluding hydrogens is 448 g/mol. The molecule has 4 rings (SSSR count). The summed E-state index contributed by atoms with van der Waals surface area (Å²) in [5.41, 5.74) is 1.12. The van der Waals surface area contributed by atoms with Crippen LogP contribution in [0.3, 0.4) is 0 Å². The number of aryl methyl sites for hydroxylation is 1. The van der Waals surface area contributed by atoms with Crippen molar-refractivity contribution in [2.45, 2.75) is 32.4 Å². The number of carbonyl (C=O) groups is 3. The van der Waals surface area contributed by atoms with Gasteiger partial charge in [0.2, 0.25) is 11.8 Å². The number of benzene rings is 2. The molecule has 1 fully saturated rings. The smallest absolute Gasteiger partial charge is 0.262 e. The quantitative estimate of drug-likeness (QED) is 0.421. The zero-order valence-corrected chi connectivity index (χ0v) is 20.3. The van der Waals surface area contributed by atoms with E-state index in [-0.39, 0.29) is 36.8 Å². The lowest BCUT2D eigenvalue weighted by Gasteiger charge is -2.24. The van der Waals surface area contributed by atoms with Crippen molar-refractivity contribution in [2.75, 3.05) is 0 Å². The summed E-state index contributed by atoms with van der Waals surface area (Å²) in [5.74, 6) is -0.794. The van der Waals surface area contributed by atoms with Crippen molar-refractivity contribution in [3.05, 3.63) is 68.7 Å². The Morgan fingerprint density at radius 3 is 2.78 bits per heavy atom. The first kappa shape index (κ1) is 21.9. The molecule has 0 spiro atoms. The molecule has 1 saturated heterocycles. The van der Waals surface area contributed by atoms with Gasteiger partial charge in [-0.25, -0.2) is 4.98 Å². The number of hydrogen-bond donors (Lipinski definition) is 2. The Balaban J connectivity index is 1.69. The van der Waals surface area contributed by atoms with Crippen molar-refractivity contribution < 1.29 is 14.4 Å². The van der Waals surface area contributed by atoms with Crippen LogP contribution >= 0.6 is 11.6 Å². The number of aromatic nitrogens is 2. The van der Waals surface area contributed by atoms with Crippen LogP contribution in [0.4, 0.5) is 0 Å². The van der Waals surface area contributed by atoms with E-state index in [1.165, 1.54) is 4.57 Å². The minimum Gasteiger partial charge on any atom is -0.348 e. The molecular formula is C22H21ClN4O4Si. The maximum absolute atomic E-state index is 13.4. The van der Waals surface area contributed by atoms with Crippen LogP contribution in [0.15, 0.2) is 41.2 Å². The normalized spacial score (nSPS) is 16.2. The molecule has 1 atom stereocenters. The molecule has 10 heteroatoms. The highest BCUT2D eigenvalue weighted by atomic mass is 35.5. The van der Waals surface area contributed by atoms with E-state index >= 15 is 0 Å². The molecule has 3 amide bonds. The number of halogens is 1. The third-order valence-corrected chi connectivity index (χ3v) is 7.18. The highest BCUT2D eigenvalue weighted by Gasteiger charge is 2.30. The van der Waals surface area contributed by atoms with E-state index in [0.717, 1.165) is 15.4 Å². The summed E-state index contributed by atoms with van der Waals surface area (Å²) in [6, 6.07) is 9.58. The molecule has 3 aromatic rings. The first-order valence-corrected chi connectivity index (χ1v) is 11.5. The molecule has 1 aliphatic heterocycles. The molecule has 1 unspecified atom stereocenters. The van der Waals surface area contributed by atoms with Gasteiger partial charge in [0.1, 0.15) is 11.9 Å². The molecule has 2 N–H and O–H groups in total. The largest absolute Gasteiger partial charge is 0.348 e. The minimum atomic E-state index is -0.807. The maximum atomic E-state index is 13.4. The van der Waals surface area contributed by atoms with Gasteiger partial charge in [0.15, 0.2) is 0 Å². The molecule has 1 aliphatic rings. The molecule has 0 aliphatic carbocycles. The average Bonchev–Trinajstić information content (AvgIpc) is 2.75. The van der Waals surface area contributed by atoms with Gasteiger partial charge in [-0.1, -0.05) is 35.0 Å². The van der Waals surface area contributed by atoms with Crippen LogP contribution in [-0.2, 0) is 16.1 Å². The summed E-state index contributed by atoms with van der Waals surface area (Å²) in [5, 5.41) is 7.00. The van der Waals surface area contributed by atoms with Crippen LogP contribution in [0, 0.1) is 6.92 Å². The van der Waals surface area contributed by atoms with Gasteiger partial charge in [-0.2, -0.15) is 0 Å². The fraction of sp³-hybridized carbons (Fsp3) is 0.227. The first-order chi connectivity index (χ1) is 15.3. The van der Waals surface area contributed by atoms with E-state index in [9.17, 15) is 19.2 Å². The average molecular weight is 469 g/mol. The minimum absolute atomic E-state index is 0.103. The van der Waals surface area contributed by atoms with Crippen LogP contribution in [0.25, 0.3) is 10.9 Å². The number of nitrogens with one attached hydrogen (secondary N) is 2. The van der Waals surface area contributed by atoms with E-state index in [1.54, 1.807) is 37.3 Å².